The SMILES string of the molecule is COc1ccccc1/C=N/N1CCN(C2c3ccccc3-c3ccccc32)CC1. The van der Waals surface area contributed by atoms with Gasteiger partial charge in [-0.3, -0.25) is 9.91 Å². The molecule has 0 radical (unpaired) electrons. The quantitative estimate of drug-likeness (QED) is 0.625. The molecule has 1 aliphatic carbocycles. The third kappa shape index (κ3) is 3.30. The zero-order valence-corrected chi connectivity index (χ0v) is 16.7. The molecule has 0 spiro atoms. The lowest BCUT2D eigenvalue weighted by Gasteiger charge is -2.37. The number of nitrogens with zero attached hydrogens (tertiary/aromatic N) is 3. The summed E-state index contributed by atoms with van der Waals surface area (Å²) in [6, 6.07) is 26.0. The van der Waals surface area contributed by atoms with Gasteiger partial charge in [-0.25, -0.2) is 0 Å². The summed E-state index contributed by atoms with van der Waals surface area (Å²) >= 11 is 0. The second kappa shape index (κ2) is 7.72. The number of hydrogen-bond acceptors (Lipinski definition) is 4. The first-order valence-corrected chi connectivity index (χ1v) is 10.2. The molecule has 1 fully saturated rings. The van der Waals surface area contributed by atoms with Crippen LogP contribution in [0, 0.1) is 0 Å². The average Bonchev–Trinajstić information content (AvgIpc) is 3.13. The van der Waals surface area contributed by atoms with Gasteiger partial charge in [-0.1, -0.05) is 60.7 Å². The zero-order valence-electron chi connectivity index (χ0n) is 16.7. The highest BCUT2D eigenvalue weighted by Gasteiger charge is 2.33. The minimum Gasteiger partial charge on any atom is -0.496 e. The summed E-state index contributed by atoms with van der Waals surface area (Å²) in [5.41, 5.74) is 6.63. The monoisotopic (exact) mass is 383 g/mol. The van der Waals surface area contributed by atoms with Crippen LogP contribution in [0.1, 0.15) is 22.7 Å². The number of ether oxygens (including phenoxy) is 1. The fraction of sp³-hybridized carbons (Fsp3) is 0.240. The lowest BCUT2D eigenvalue weighted by atomic mass is 10.0. The molecule has 4 heteroatoms. The van der Waals surface area contributed by atoms with Crippen LogP contribution in [0.3, 0.4) is 0 Å². The molecule has 0 saturated carbocycles. The standard InChI is InChI=1S/C25H25N3O/c1-29-24-13-7-2-8-19(24)18-26-28-16-14-27(15-17-28)25-22-11-5-3-9-20(22)21-10-4-6-12-23(21)25/h2-13,18,25H,14-17H2,1H3/b26-18+. The molecule has 0 N–H and O–H groups in total. The Hall–Kier alpha value is -3.11. The Balaban J connectivity index is 1.32. The van der Waals surface area contributed by atoms with Crippen molar-refractivity contribution in [1.29, 1.82) is 0 Å². The number of fused-ring (bicyclic) bond motifs is 3. The van der Waals surface area contributed by atoms with Gasteiger partial charge in [-0.15, -0.1) is 0 Å². The van der Waals surface area contributed by atoms with Gasteiger partial charge >= 0.3 is 0 Å². The van der Waals surface area contributed by atoms with Crippen LogP contribution < -0.4 is 4.74 Å². The van der Waals surface area contributed by atoms with Crippen LogP contribution in [0.4, 0.5) is 0 Å². The van der Waals surface area contributed by atoms with Gasteiger partial charge in [0.15, 0.2) is 0 Å². The predicted molar refractivity (Wildman–Crippen MR) is 117 cm³/mol. The van der Waals surface area contributed by atoms with Crippen LogP contribution >= 0.6 is 0 Å². The minimum absolute atomic E-state index is 0.350. The molecular formula is C25H25N3O. The number of para-hydroxylation sites is 1. The Kier molecular flexibility index (Phi) is 4.78. The lowest BCUT2D eigenvalue weighted by Crippen LogP contribution is -2.45. The molecule has 146 valence electrons. The maximum atomic E-state index is 5.42. The molecule has 1 saturated heterocycles. The Labute approximate surface area is 172 Å². The Morgan fingerprint density at radius 3 is 2.03 bits per heavy atom. The summed E-state index contributed by atoms with van der Waals surface area (Å²) < 4.78 is 5.42. The molecule has 0 atom stereocenters. The van der Waals surface area contributed by atoms with Crippen LogP contribution in [-0.2, 0) is 0 Å². The molecule has 5 rings (SSSR count). The Bertz CT molecular complexity index is 992. The molecule has 0 bridgehead atoms. The van der Waals surface area contributed by atoms with E-state index in [-0.39, 0.29) is 0 Å². The van der Waals surface area contributed by atoms with Crippen molar-refractivity contribution in [2.45, 2.75) is 6.04 Å². The second-order valence-electron chi connectivity index (χ2n) is 7.55. The topological polar surface area (TPSA) is 28.1 Å². The normalized spacial score (nSPS) is 16.8. The van der Waals surface area contributed by atoms with Crippen LogP contribution in [0.15, 0.2) is 77.9 Å². The maximum Gasteiger partial charge on any atom is 0.127 e. The van der Waals surface area contributed by atoms with E-state index in [1.807, 2.05) is 30.5 Å². The summed E-state index contributed by atoms with van der Waals surface area (Å²) in [5, 5.41) is 6.88. The fourth-order valence-electron chi connectivity index (χ4n) is 4.52. The van der Waals surface area contributed by atoms with Gasteiger partial charge < -0.3 is 4.74 Å². The molecule has 0 aromatic heterocycles. The van der Waals surface area contributed by atoms with Gasteiger partial charge in [0.25, 0.3) is 0 Å². The molecule has 3 aromatic carbocycles. The molecule has 29 heavy (non-hydrogen) atoms. The van der Waals surface area contributed by atoms with E-state index in [1.54, 1.807) is 7.11 Å². The third-order valence-corrected chi connectivity index (χ3v) is 5.96. The average molecular weight is 383 g/mol. The van der Waals surface area contributed by atoms with Gasteiger partial charge in [0.05, 0.1) is 19.4 Å². The van der Waals surface area contributed by atoms with Gasteiger partial charge in [0, 0.05) is 31.7 Å². The smallest absolute Gasteiger partial charge is 0.127 e. The summed E-state index contributed by atoms with van der Waals surface area (Å²) in [5.74, 6) is 0.856. The van der Waals surface area contributed by atoms with E-state index in [1.165, 1.54) is 22.3 Å². The van der Waals surface area contributed by atoms with Crippen molar-refractivity contribution in [3.8, 4) is 16.9 Å². The lowest BCUT2D eigenvalue weighted by molar-refractivity contribution is 0.114. The first-order valence-electron chi connectivity index (χ1n) is 10.2. The van der Waals surface area contributed by atoms with Gasteiger partial charge in [-0.05, 0) is 34.4 Å². The summed E-state index contributed by atoms with van der Waals surface area (Å²) in [7, 11) is 1.70. The zero-order chi connectivity index (χ0) is 19.6. The van der Waals surface area contributed by atoms with E-state index in [0.29, 0.717) is 6.04 Å². The number of rotatable bonds is 4. The number of hydrogen-bond donors (Lipinski definition) is 0. The highest BCUT2D eigenvalue weighted by atomic mass is 16.5. The van der Waals surface area contributed by atoms with Crippen molar-refractivity contribution in [1.82, 2.24) is 9.91 Å². The van der Waals surface area contributed by atoms with Crippen LogP contribution in [0.5, 0.6) is 5.75 Å². The predicted octanol–water partition coefficient (Wildman–Crippen LogP) is 4.42. The highest BCUT2D eigenvalue weighted by Crippen LogP contribution is 2.46. The molecule has 1 heterocycles. The number of benzene rings is 3. The number of piperazine rings is 1. The van der Waals surface area contributed by atoms with Crippen molar-refractivity contribution in [3.63, 3.8) is 0 Å². The molecule has 4 nitrogen and oxygen atoms in total. The van der Waals surface area contributed by atoms with Crippen molar-refractivity contribution in [2.24, 2.45) is 5.10 Å². The van der Waals surface area contributed by atoms with E-state index in [2.05, 4.69) is 58.4 Å². The van der Waals surface area contributed by atoms with E-state index >= 15 is 0 Å². The third-order valence-electron chi connectivity index (χ3n) is 5.96. The first kappa shape index (κ1) is 18.0. The summed E-state index contributed by atoms with van der Waals surface area (Å²) in [4.78, 5) is 2.60. The molecule has 2 aliphatic rings. The van der Waals surface area contributed by atoms with Gasteiger partial charge in [-0.2, -0.15) is 5.10 Å². The molecule has 0 amide bonds. The fourth-order valence-corrected chi connectivity index (χ4v) is 4.52. The van der Waals surface area contributed by atoms with Crippen LogP contribution in [-0.4, -0.2) is 49.4 Å². The maximum absolute atomic E-state index is 5.42. The van der Waals surface area contributed by atoms with E-state index in [4.69, 9.17) is 9.84 Å². The molecule has 0 unspecified atom stereocenters. The highest BCUT2D eigenvalue weighted by molar-refractivity contribution is 5.83. The minimum atomic E-state index is 0.350. The second-order valence-corrected chi connectivity index (χ2v) is 7.55. The largest absolute Gasteiger partial charge is 0.496 e. The van der Waals surface area contributed by atoms with Crippen molar-refractivity contribution in [2.75, 3.05) is 33.3 Å². The molecular weight excluding hydrogens is 358 g/mol. The number of methoxy groups -OCH3 is 1. The van der Waals surface area contributed by atoms with E-state index < -0.39 is 0 Å². The first-order chi connectivity index (χ1) is 14.3. The summed E-state index contributed by atoms with van der Waals surface area (Å²) in [6.45, 7) is 3.84. The Morgan fingerprint density at radius 1 is 0.793 bits per heavy atom. The van der Waals surface area contributed by atoms with Gasteiger partial charge in [0.2, 0.25) is 0 Å². The van der Waals surface area contributed by atoms with Crippen LogP contribution in [0.2, 0.25) is 0 Å². The van der Waals surface area contributed by atoms with Crippen LogP contribution in [0.25, 0.3) is 11.1 Å². The number of hydrazone groups is 1. The van der Waals surface area contributed by atoms with E-state index in [0.717, 1.165) is 37.5 Å². The van der Waals surface area contributed by atoms with Crippen molar-refractivity contribution < 1.29 is 4.74 Å². The van der Waals surface area contributed by atoms with E-state index in [9.17, 15) is 0 Å². The van der Waals surface area contributed by atoms with Crippen molar-refractivity contribution >= 4 is 6.21 Å². The summed E-state index contributed by atoms with van der Waals surface area (Å²) in [6.07, 6.45) is 1.91. The molecule has 1 aliphatic heterocycles. The van der Waals surface area contributed by atoms with Crippen molar-refractivity contribution in [3.05, 3.63) is 89.5 Å². The molecule has 3 aromatic rings. The van der Waals surface area contributed by atoms with Gasteiger partial charge in [0.1, 0.15) is 5.75 Å². The Morgan fingerprint density at radius 2 is 1.38 bits per heavy atom.